The Morgan fingerprint density at radius 2 is 1.92 bits per heavy atom. The summed E-state index contributed by atoms with van der Waals surface area (Å²) in [7, 11) is 1.46. The van der Waals surface area contributed by atoms with Gasteiger partial charge < -0.3 is 24.8 Å². The summed E-state index contributed by atoms with van der Waals surface area (Å²) in [4.78, 5) is 18.6. The van der Waals surface area contributed by atoms with Crippen LogP contribution in [0.25, 0.3) is 5.69 Å². The van der Waals surface area contributed by atoms with Gasteiger partial charge in [-0.05, 0) is 72.9 Å². The van der Waals surface area contributed by atoms with E-state index < -0.39 is 0 Å². The van der Waals surface area contributed by atoms with Crippen LogP contribution in [0.5, 0.6) is 0 Å². The van der Waals surface area contributed by atoms with E-state index in [1.807, 2.05) is 58.1 Å². The molecule has 1 saturated heterocycles. The number of nitrogens with one attached hydrogen (secondary N) is 2. The number of thiocarbonyl (C=S) groups is 1. The lowest BCUT2D eigenvalue weighted by molar-refractivity contribution is -0.119. The number of anilines is 2. The standard InChI is InChI=1S/C27H22Cl3N5O2S/c1-37-15-24(36)32-20-9-8-17(14-18(20)29)35-26(25(33-27(35)38)21-5-2-3-11-31-21)23-6-4-12-34(23)22-10-7-16(28)13-19(22)30/h2-14,25-26H,15H2,1H3,(H,32,36)(H,33,38)/t25-,26+/m1/s1. The lowest BCUT2D eigenvalue weighted by atomic mass is 10.0. The lowest BCUT2D eigenvalue weighted by Gasteiger charge is -2.29. The highest BCUT2D eigenvalue weighted by Gasteiger charge is 2.42. The predicted octanol–water partition coefficient (Wildman–Crippen LogP) is 6.59. The zero-order valence-electron chi connectivity index (χ0n) is 20.1. The maximum absolute atomic E-state index is 12.0. The third-order valence-electron chi connectivity index (χ3n) is 6.13. The molecule has 3 heterocycles. The van der Waals surface area contributed by atoms with Crippen LogP contribution < -0.4 is 15.5 Å². The van der Waals surface area contributed by atoms with Crippen LogP contribution in [-0.2, 0) is 9.53 Å². The lowest BCUT2D eigenvalue weighted by Crippen LogP contribution is -2.30. The number of methoxy groups -OCH3 is 1. The summed E-state index contributed by atoms with van der Waals surface area (Å²) in [5.41, 5.74) is 3.75. The largest absolute Gasteiger partial charge is 0.375 e. The quantitative estimate of drug-likeness (QED) is 0.238. The van der Waals surface area contributed by atoms with Crippen molar-refractivity contribution in [2.24, 2.45) is 0 Å². The molecule has 11 heteroatoms. The fourth-order valence-electron chi connectivity index (χ4n) is 4.54. The molecule has 4 aromatic rings. The van der Waals surface area contributed by atoms with Gasteiger partial charge in [-0.3, -0.25) is 9.78 Å². The molecule has 0 spiro atoms. The third-order valence-corrected chi connectivity index (χ3v) is 7.30. The van der Waals surface area contributed by atoms with Gasteiger partial charge in [0.15, 0.2) is 5.11 Å². The summed E-state index contributed by atoms with van der Waals surface area (Å²) >= 11 is 25.2. The van der Waals surface area contributed by atoms with Crippen molar-refractivity contribution in [2.75, 3.05) is 23.9 Å². The second-order valence-corrected chi connectivity index (χ2v) is 10.2. The topological polar surface area (TPSA) is 71.4 Å². The molecule has 194 valence electrons. The Morgan fingerprint density at radius 3 is 2.63 bits per heavy atom. The molecular formula is C27H22Cl3N5O2S. The minimum absolute atomic E-state index is 0.0731. The summed E-state index contributed by atoms with van der Waals surface area (Å²) in [6, 6.07) is 19.9. The van der Waals surface area contributed by atoms with Crippen LogP contribution in [0.3, 0.4) is 0 Å². The molecule has 1 amide bonds. The number of carbonyl (C=O) groups is 1. The van der Waals surface area contributed by atoms with Gasteiger partial charge in [-0.15, -0.1) is 0 Å². The van der Waals surface area contributed by atoms with E-state index in [0.29, 0.717) is 25.9 Å². The van der Waals surface area contributed by atoms with Gasteiger partial charge >= 0.3 is 0 Å². The minimum Gasteiger partial charge on any atom is -0.375 e. The molecule has 1 aliphatic heterocycles. The van der Waals surface area contributed by atoms with Crippen molar-refractivity contribution in [1.29, 1.82) is 0 Å². The number of ether oxygens (including phenoxy) is 1. The monoisotopic (exact) mass is 585 g/mol. The average molecular weight is 587 g/mol. The first-order chi connectivity index (χ1) is 18.4. The summed E-state index contributed by atoms with van der Waals surface area (Å²) < 4.78 is 6.91. The van der Waals surface area contributed by atoms with E-state index in [0.717, 1.165) is 22.8 Å². The predicted molar refractivity (Wildman–Crippen MR) is 156 cm³/mol. The second-order valence-electron chi connectivity index (χ2n) is 8.54. The number of hydrogen-bond acceptors (Lipinski definition) is 4. The van der Waals surface area contributed by atoms with Crippen molar-refractivity contribution in [2.45, 2.75) is 12.1 Å². The molecule has 0 aliphatic carbocycles. The Bertz CT molecular complexity index is 1500. The summed E-state index contributed by atoms with van der Waals surface area (Å²) in [6.07, 6.45) is 3.70. The number of amides is 1. The smallest absolute Gasteiger partial charge is 0.250 e. The van der Waals surface area contributed by atoms with Crippen LogP contribution in [0.2, 0.25) is 15.1 Å². The number of aromatic nitrogens is 2. The van der Waals surface area contributed by atoms with Crippen LogP contribution in [0.4, 0.5) is 11.4 Å². The molecule has 0 radical (unpaired) electrons. The van der Waals surface area contributed by atoms with E-state index in [1.165, 1.54) is 7.11 Å². The van der Waals surface area contributed by atoms with E-state index in [9.17, 15) is 4.79 Å². The van der Waals surface area contributed by atoms with Gasteiger partial charge in [-0.25, -0.2) is 0 Å². The maximum Gasteiger partial charge on any atom is 0.250 e. The second kappa shape index (κ2) is 11.3. The van der Waals surface area contributed by atoms with E-state index >= 15 is 0 Å². The number of benzene rings is 2. The molecule has 2 atom stereocenters. The van der Waals surface area contributed by atoms with Gasteiger partial charge in [0.05, 0.1) is 33.2 Å². The molecule has 7 nitrogen and oxygen atoms in total. The summed E-state index contributed by atoms with van der Waals surface area (Å²) in [5.74, 6) is -0.300. The SMILES string of the molecule is COCC(=O)Nc1ccc(N2C(=S)N[C@H](c3ccccn3)[C@@H]2c2cccn2-c2ccc(Cl)cc2Cl)cc1Cl. The summed E-state index contributed by atoms with van der Waals surface area (Å²) in [5, 5.41) is 8.14. The molecule has 2 aromatic carbocycles. The van der Waals surface area contributed by atoms with Crippen LogP contribution >= 0.6 is 47.0 Å². The molecule has 1 aliphatic rings. The molecule has 0 unspecified atom stereocenters. The van der Waals surface area contributed by atoms with Gasteiger partial charge in [0.2, 0.25) is 5.91 Å². The van der Waals surface area contributed by atoms with Gasteiger partial charge in [0.25, 0.3) is 0 Å². The Hall–Kier alpha value is -3.14. The Kier molecular flexibility index (Phi) is 7.88. The molecule has 0 saturated carbocycles. The highest BCUT2D eigenvalue weighted by molar-refractivity contribution is 7.80. The zero-order valence-corrected chi connectivity index (χ0v) is 23.2. The van der Waals surface area contributed by atoms with Crippen molar-refractivity contribution < 1.29 is 9.53 Å². The average Bonchev–Trinajstić information content (AvgIpc) is 3.50. The van der Waals surface area contributed by atoms with E-state index in [-0.39, 0.29) is 24.6 Å². The van der Waals surface area contributed by atoms with Crippen molar-refractivity contribution >= 4 is 69.4 Å². The number of rotatable bonds is 7. The van der Waals surface area contributed by atoms with Gasteiger partial charge in [-0.2, -0.15) is 0 Å². The Labute approximate surface area is 240 Å². The number of hydrogen-bond donors (Lipinski definition) is 2. The molecule has 0 bridgehead atoms. The van der Waals surface area contributed by atoms with E-state index in [1.54, 1.807) is 30.5 Å². The number of pyridine rings is 1. The van der Waals surface area contributed by atoms with E-state index in [2.05, 4.69) is 15.6 Å². The van der Waals surface area contributed by atoms with Gasteiger partial charge in [0.1, 0.15) is 12.6 Å². The highest BCUT2D eigenvalue weighted by Crippen LogP contribution is 2.44. The normalized spacial score (nSPS) is 16.9. The highest BCUT2D eigenvalue weighted by atomic mass is 35.5. The van der Waals surface area contributed by atoms with Crippen LogP contribution in [-0.4, -0.2) is 34.3 Å². The first-order valence-corrected chi connectivity index (χ1v) is 13.1. The molecule has 2 aromatic heterocycles. The Balaban J connectivity index is 1.60. The molecule has 2 N–H and O–H groups in total. The number of halogens is 3. The first kappa shape index (κ1) is 26.5. The maximum atomic E-state index is 12.0. The molecular weight excluding hydrogens is 565 g/mol. The van der Waals surface area contributed by atoms with Crippen LogP contribution in [0, 0.1) is 0 Å². The van der Waals surface area contributed by atoms with E-state index in [4.69, 9.17) is 51.8 Å². The molecule has 1 fully saturated rings. The van der Waals surface area contributed by atoms with Crippen molar-refractivity contribution in [3.63, 3.8) is 0 Å². The number of carbonyl (C=O) groups excluding carboxylic acids is 1. The Morgan fingerprint density at radius 1 is 1.08 bits per heavy atom. The number of nitrogens with zero attached hydrogens (tertiary/aromatic N) is 3. The van der Waals surface area contributed by atoms with Crippen molar-refractivity contribution in [3.05, 3.63) is 106 Å². The summed E-state index contributed by atoms with van der Waals surface area (Å²) in [6.45, 7) is -0.0731. The fraction of sp³-hybridized carbons (Fsp3) is 0.148. The van der Waals surface area contributed by atoms with Crippen LogP contribution in [0.1, 0.15) is 23.5 Å². The van der Waals surface area contributed by atoms with Crippen LogP contribution in [0.15, 0.2) is 79.1 Å². The van der Waals surface area contributed by atoms with Gasteiger partial charge in [-0.1, -0.05) is 40.9 Å². The fourth-order valence-corrected chi connectivity index (χ4v) is 5.60. The first-order valence-electron chi connectivity index (χ1n) is 11.6. The molecule has 38 heavy (non-hydrogen) atoms. The zero-order chi connectivity index (χ0) is 26.8. The van der Waals surface area contributed by atoms with Crippen molar-refractivity contribution in [1.82, 2.24) is 14.9 Å². The third kappa shape index (κ3) is 5.23. The molecule has 5 rings (SSSR count). The minimum atomic E-state index is -0.316. The van der Waals surface area contributed by atoms with Crippen molar-refractivity contribution in [3.8, 4) is 5.69 Å². The van der Waals surface area contributed by atoms with Gasteiger partial charge in [0, 0.05) is 35.9 Å².